The molecule has 3 rings (SSSR count). The maximum absolute atomic E-state index is 11.4. The number of aryl methyl sites for hydroxylation is 1. The largest absolute Gasteiger partial charge is 0.306 e. The van der Waals surface area contributed by atoms with Gasteiger partial charge in [0.1, 0.15) is 0 Å². The normalized spacial score (nSPS) is 18.0. The lowest BCUT2D eigenvalue weighted by Crippen LogP contribution is -2.25. The Kier molecular flexibility index (Phi) is 5.06. The summed E-state index contributed by atoms with van der Waals surface area (Å²) in [6, 6.07) is 13.0. The van der Waals surface area contributed by atoms with E-state index < -0.39 is 10.8 Å². The van der Waals surface area contributed by atoms with E-state index in [1.54, 1.807) is 18.4 Å². The van der Waals surface area contributed by atoms with Crippen molar-refractivity contribution in [3.63, 3.8) is 0 Å². The quantitative estimate of drug-likeness (QED) is 0.665. The molecule has 0 spiro atoms. The SMILES string of the molecule is CS(=O)c1ccc(CNC2CCCc3ccc([N+](=O)[O-])cc32)cc1. The number of nitro groups is 1. The summed E-state index contributed by atoms with van der Waals surface area (Å²) >= 11 is 0. The van der Waals surface area contributed by atoms with Gasteiger partial charge in [-0.15, -0.1) is 0 Å². The van der Waals surface area contributed by atoms with E-state index in [0.717, 1.165) is 35.3 Å². The molecule has 6 heteroatoms. The number of non-ortho nitro benzene ring substituents is 1. The smallest absolute Gasteiger partial charge is 0.269 e. The number of hydrogen-bond donors (Lipinski definition) is 1. The van der Waals surface area contributed by atoms with Crippen molar-refractivity contribution in [1.82, 2.24) is 5.32 Å². The number of nitrogens with one attached hydrogen (secondary N) is 1. The minimum Gasteiger partial charge on any atom is -0.306 e. The molecule has 0 radical (unpaired) electrons. The minimum atomic E-state index is -0.967. The Morgan fingerprint density at radius 1 is 1.25 bits per heavy atom. The van der Waals surface area contributed by atoms with Gasteiger partial charge in [-0.1, -0.05) is 18.2 Å². The maximum Gasteiger partial charge on any atom is 0.269 e. The van der Waals surface area contributed by atoms with E-state index in [-0.39, 0.29) is 16.7 Å². The molecule has 5 nitrogen and oxygen atoms in total. The maximum atomic E-state index is 11.4. The monoisotopic (exact) mass is 344 g/mol. The summed E-state index contributed by atoms with van der Waals surface area (Å²) in [4.78, 5) is 11.5. The molecule has 126 valence electrons. The molecule has 1 N–H and O–H groups in total. The second-order valence-corrected chi connectivity index (χ2v) is 7.44. The van der Waals surface area contributed by atoms with E-state index in [1.165, 1.54) is 5.56 Å². The second kappa shape index (κ2) is 7.23. The molecule has 2 aromatic carbocycles. The van der Waals surface area contributed by atoms with Crippen LogP contribution in [0.3, 0.4) is 0 Å². The third-order valence-corrected chi connectivity index (χ3v) is 5.40. The zero-order valence-electron chi connectivity index (χ0n) is 13.5. The predicted octanol–water partition coefficient (Wildman–Crippen LogP) is 3.50. The van der Waals surface area contributed by atoms with E-state index in [4.69, 9.17) is 0 Å². The highest BCUT2D eigenvalue weighted by molar-refractivity contribution is 7.84. The number of rotatable bonds is 5. The lowest BCUT2D eigenvalue weighted by Gasteiger charge is -2.26. The number of fused-ring (bicyclic) bond motifs is 1. The summed E-state index contributed by atoms with van der Waals surface area (Å²) in [6.45, 7) is 0.684. The van der Waals surface area contributed by atoms with E-state index in [2.05, 4.69) is 5.32 Å². The molecule has 0 bridgehead atoms. The molecule has 1 aliphatic rings. The number of benzene rings is 2. The highest BCUT2D eigenvalue weighted by Crippen LogP contribution is 2.32. The number of hydrogen-bond acceptors (Lipinski definition) is 4. The average Bonchev–Trinajstić information content (AvgIpc) is 2.59. The molecule has 2 atom stereocenters. The van der Waals surface area contributed by atoms with Crippen LogP contribution in [0.2, 0.25) is 0 Å². The third kappa shape index (κ3) is 3.71. The van der Waals surface area contributed by atoms with Crippen molar-refractivity contribution in [2.75, 3.05) is 6.26 Å². The molecule has 0 aliphatic heterocycles. The average molecular weight is 344 g/mol. The summed E-state index contributed by atoms with van der Waals surface area (Å²) in [6.07, 6.45) is 4.70. The summed E-state index contributed by atoms with van der Waals surface area (Å²) in [5.41, 5.74) is 3.50. The third-order valence-electron chi connectivity index (χ3n) is 4.46. The van der Waals surface area contributed by atoms with Crippen LogP contribution in [-0.2, 0) is 23.8 Å². The van der Waals surface area contributed by atoms with E-state index in [9.17, 15) is 14.3 Å². The Bertz CT molecular complexity index is 774. The molecule has 0 amide bonds. The molecule has 0 saturated carbocycles. The van der Waals surface area contributed by atoms with Gasteiger partial charge in [0.2, 0.25) is 0 Å². The van der Waals surface area contributed by atoms with Crippen molar-refractivity contribution < 1.29 is 9.13 Å². The Morgan fingerprint density at radius 3 is 2.67 bits per heavy atom. The van der Waals surface area contributed by atoms with Crippen LogP contribution in [0, 0.1) is 10.1 Å². The summed E-state index contributed by atoms with van der Waals surface area (Å²) in [5, 5.41) is 14.5. The Morgan fingerprint density at radius 2 is 2.00 bits per heavy atom. The van der Waals surface area contributed by atoms with Gasteiger partial charge in [-0.25, -0.2) is 0 Å². The van der Waals surface area contributed by atoms with Crippen LogP contribution in [0.1, 0.15) is 35.6 Å². The van der Waals surface area contributed by atoms with Crippen LogP contribution in [0.4, 0.5) is 5.69 Å². The second-order valence-electron chi connectivity index (χ2n) is 6.06. The Balaban J connectivity index is 1.73. The van der Waals surface area contributed by atoms with Crippen LogP contribution in [0.5, 0.6) is 0 Å². The summed E-state index contributed by atoms with van der Waals surface area (Å²) in [5.74, 6) is 0. The lowest BCUT2D eigenvalue weighted by molar-refractivity contribution is -0.385. The van der Waals surface area contributed by atoms with Crippen LogP contribution >= 0.6 is 0 Å². The number of nitro benzene ring substituents is 1. The standard InChI is InChI=1S/C18H20N2O3S/c1-24(23)16-9-5-13(6-10-16)12-19-18-4-2-3-14-7-8-15(20(21)22)11-17(14)18/h5-11,18-19H,2-4,12H2,1H3. The zero-order valence-corrected chi connectivity index (χ0v) is 14.3. The van der Waals surface area contributed by atoms with Crippen LogP contribution in [-0.4, -0.2) is 15.4 Å². The predicted molar refractivity (Wildman–Crippen MR) is 94.4 cm³/mol. The van der Waals surface area contributed by atoms with Crippen molar-refractivity contribution >= 4 is 16.5 Å². The minimum absolute atomic E-state index is 0.133. The first kappa shape index (κ1) is 16.8. The van der Waals surface area contributed by atoms with Gasteiger partial charge < -0.3 is 5.32 Å². The molecular formula is C18H20N2O3S. The highest BCUT2D eigenvalue weighted by atomic mass is 32.2. The lowest BCUT2D eigenvalue weighted by atomic mass is 9.87. The molecular weight excluding hydrogens is 324 g/mol. The molecule has 0 fully saturated rings. The van der Waals surface area contributed by atoms with Gasteiger partial charge in [0.25, 0.3) is 5.69 Å². The van der Waals surface area contributed by atoms with Gasteiger partial charge in [-0.2, -0.15) is 0 Å². The van der Waals surface area contributed by atoms with Crippen molar-refractivity contribution in [3.05, 3.63) is 69.3 Å². The van der Waals surface area contributed by atoms with Gasteiger partial charge in [0, 0.05) is 46.7 Å². The topological polar surface area (TPSA) is 72.2 Å². The van der Waals surface area contributed by atoms with Crippen molar-refractivity contribution in [2.45, 2.75) is 36.7 Å². The summed E-state index contributed by atoms with van der Waals surface area (Å²) in [7, 11) is -0.967. The summed E-state index contributed by atoms with van der Waals surface area (Å²) < 4.78 is 11.4. The molecule has 1 aliphatic carbocycles. The van der Waals surface area contributed by atoms with E-state index in [1.807, 2.05) is 30.3 Å². The van der Waals surface area contributed by atoms with Crippen molar-refractivity contribution in [3.8, 4) is 0 Å². The Labute approximate surface area is 143 Å². The van der Waals surface area contributed by atoms with Gasteiger partial charge in [0.15, 0.2) is 0 Å². The Hall–Kier alpha value is -2.05. The fourth-order valence-corrected chi connectivity index (χ4v) is 3.67. The molecule has 0 aromatic heterocycles. The molecule has 2 aromatic rings. The highest BCUT2D eigenvalue weighted by Gasteiger charge is 2.22. The van der Waals surface area contributed by atoms with Gasteiger partial charge in [0.05, 0.1) is 4.92 Å². The van der Waals surface area contributed by atoms with E-state index >= 15 is 0 Å². The van der Waals surface area contributed by atoms with Crippen LogP contribution < -0.4 is 5.32 Å². The zero-order chi connectivity index (χ0) is 17.1. The first-order valence-corrected chi connectivity index (χ1v) is 9.53. The van der Waals surface area contributed by atoms with Gasteiger partial charge in [-0.3, -0.25) is 14.3 Å². The molecule has 0 saturated heterocycles. The fourth-order valence-electron chi connectivity index (χ4n) is 3.15. The fraction of sp³-hybridized carbons (Fsp3) is 0.333. The first-order chi connectivity index (χ1) is 11.5. The van der Waals surface area contributed by atoms with E-state index in [0.29, 0.717) is 6.54 Å². The molecule has 2 unspecified atom stereocenters. The van der Waals surface area contributed by atoms with Gasteiger partial charge >= 0.3 is 0 Å². The van der Waals surface area contributed by atoms with Crippen LogP contribution in [0.15, 0.2) is 47.4 Å². The number of nitrogens with zero attached hydrogens (tertiary/aromatic N) is 1. The first-order valence-electron chi connectivity index (χ1n) is 7.97. The van der Waals surface area contributed by atoms with Crippen LogP contribution in [0.25, 0.3) is 0 Å². The van der Waals surface area contributed by atoms with Crippen molar-refractivity contribution in [2.24, 2.45) is 0 Å². The van der Waals surface area contributed by atoms with Gasteiger partial charge in [-0.05, 0) is 48.1 Å². The molecule has 0 heterocycles. The molecule has 24 heavy (non-hydrogen) atoms. The van der Waals surface area contributed by atoms with Crippen molar-refractivity contribution in [1.29, 1.82) is 0 Å².